The van der Waals surface area contributed by atoms with Gasteiger partial charge in [-0.2, -0.15) is 0 Å². The van der Waals surface area contributed by atoms with Gasteiger partial charge >= 0.3 is 0 Å². The molecule has 1 aromatic rings. The van der Waals surface area contributed by atoms with Crippen LogP contribution in [-0.4, -0.2) is 25.5 Å². The topological polar surface area (TPSA) is 54.4 Å². The molecule has 1 unspecified atom stereocenters. The van der Waals surface area contributed by atoms with Crippen LogP contribution in [0.25, 0.3) is 0 Å². The van der Waals surface area contributed by atoms with Crippen molar-refractivity contribution in [2.75, 3.05) is 12.0 Å². The van der Waals surface area contributed by atoms with Crippen LogP contribution >= 0.6 is 0 Å². The Morgan fingerprint density at radius 3 is 2.56 bits per heavy atom. The van der Waals surface area contributed by atoms with E-state index in [0.717, 1.165) is 24.5 Å². The van der Waals surface area contributed by atoms with E-state index in [1.165, 1.54) is 0 Å². The Labute approximate surface area is 92.6 Å². The summed E-state index contributed by atoms with van der Waals surface area (Å²) >= 11 is 0. The van der Waals surface area contributed by atoms with E-state index in [1.54, 1.807) is 0 Å². The lowest BCUT2D eigenvalue weighted by Crippen LogP contribution is -2.09. The molecule has 1 rings (SSSR count). The maximum Gasteiger partial charge on any atom is 0.147 e. The number of hydrogen-bond acceptors (Lipinski definition) is 3. The summed E-state index contributed by atoms with van der Waals surface area (Å²) in [6, 6.07) is 2.69. The van der Waals surface area contributed by atoms with Gasteiger partial charge in [-0.1, -0.05) is 0 Å². The quantitative estimate of drug-likeness (QED) is 0.879. The second-order valence-corrected chi connectivity index (χ2v) is 5.86. The average Bonchev–Trinajstić information content (AvgIpc) is 2.17. The van der Waals surface area contributed by atoms with Gasteiger partial charge < -0.3 is 5.11 Å². The average molecular weight is 250 g/mol. The first-order chi connectivity index (χ1) is 7.29. The van der Waals surface area contributed by atoms with E-state index >= 15 is 0 Å². The van der Waals surface area contributed by atoms with Gasteiger partial charge in [0.1, 0.15) is 21.5 Å². The lowest BCUT2D eigenvalue weighted by Gasteiger charge is -2.11. The number of benzene rings is 1. The van der Waals surface area contributed by atoms with E-state index in [1.807, 2.05) is 0 Å². The van der Waals surface area contributed by atoms with Gasteiger partial charge in [0.2, 0.25) is 0 Å². The Bertz CT molecular complexity index is 471. The van der Waals surface area contributed by atoms with Crippen LogP contribution in [0.15, 0.2) is 18.2 Å². The molecule has 0 aliphatic carbocycles. The summed E-state index contributed by atoms with van der Waals surface area (Å²) < 4.78 is 47.6. The Hall–Kier alpha value is -1.01. The van der Waals surface area contributed by atoms with Crippen LogP contribution in [0.4, 0.5) is 8.78 Å². The molecule has 0 aliphatic rings. The fourth-order valence-corrected chi connectivity index (χ4v) is 1.90. The van der Waals surface area contributed by atoms with Crippen molar-refractivity contribution in [1.29, 1.82) is 0 Å². The minimum atomic E-state index is -3.23. The van der Waals surface area contributed by atoms with Crippen molar-refractivity contribution < 1.29 is 22.3 Å². The Balaban J connectivity index is 2.80. The molecule has 3 nitrogen and oxygen atoms in total. The van der Waals surface area contributed by atoms with Crippen molar-refractivity contribution in [2.24, 2.45) is 0 Å². The highest BCUT2D eigenvalue weighted by atomic mass is 32.2. The summed E-state index contributed by atoms with van der Waals surface area (Å²) in [5.74, 6) is -1.69. The van der Waals surface area contributed by atoms with Gasteiger partial charge in [0, 0.05) is 11.8 Å². The lowest BCUT2D eigenvalue weighted by molar-refractivity contribution is 0.169. The monoisotopic (exact) mass is 250 g/mol. The van der Waals surface area contributed by atoms with Crippen LogP contribution < -0.4 is 0 Å². The molecule has 0 aliphatic heterocycles. The zero-order valence-electron chi connectivity index (χ0n) is 8.65. The normalized spacial score (nSPS) is 13.8. The van der Waals surface area contributed by atoms with Gasteiger partial charge in [0.15, 0.2) is 0 Å². The van der Waals surface area contributed by atoms with Gasteiger partial charge in [0.05, 0.1) is 11.9 Å². The molecule has 0 heterocycles. The minimum absolute atomic E-state index is 0.154. The van der Waals surface area contributed by atoms with Gasteiger partial charge in [0.25, 0.3) is 0 Å². The number of hydrogen-bond donors (Lipinski definition) is 1. The number of rotatable bonds is 4. The third-order valence-electron chi connectivity index (χ3n) is 2.08. The fraction of sp³-hybridized carbons (Fsp3) is 0.400. The minimum Gasteiger partial charge on any atom is -0.388 e. The molecule has 0 aromatic heterocycles. The second-order valence-electron chi connectivity index (χ2n) is 3.60. The van der Waals surface area contributed by atoms with Gasteiger partial charge in [-0.05, 0) is 24.6 Å². The molecule has 1 N–H and O–H groups in total. The van der Waals surface area contributed by atoms with Crippen LogP contribution in [0.3, 0.4) is 0 Å². The van der Waals surface area contributed by atoms with Crippen molar-refractivity contribution in [1.82, 2.24) is 0 Å². The highest BCUT2D eigenvalue weighted by Crippen LogP contribution is 2.21. The van der Waals surface area contributed by atoms with Crippen molar-refractivity contribution in [3.05, 3.63) is 35.4 Å². The summed E-state index contributed by atoms with van der Waals surface area (Å²) in [7, 11) is -3.23. The predicted octanol–water partition coefficient (Wildman–Crippen LogP) is 1.43. The van der Waals surface area contributed by atoms with E-state index in [-0.39, 0.29) is 17.7 Å². The SMILES string of the molecule is CS(=O)(=O)CCC(O)c1cc(F)ccc1F. The van der Waals surface area contributed by atoms with E-state index in [9.17, 15) is 22.3 Å². The number of aliphatic hydroxyl groups excluding tert-OH is 1. The van der Waals surface area contributed by atoms with E-state index in [4.69, 9.17) is 0 Å². The molecule has 16 heavy (non-hydrogen) atoms. The summed E-state index contributed by atoms with van der Waals surface area (Å²) in [5, 5.41) is 9.52. The first-order valence-electron chi connectivity index (χ1n) is 4.60. The molecule has 1 atom stereocenters. The molecular formula is C10H12F2O3S. The summed E-state index contributed by atoms with van der Waals surface area (Å²) in [5.41, 5.74) is -0.219. The Morgan fingerprint density at radius 1 is 1.38 bits per heavy atom. The molecule has 6 heteroatoms. The molecule has 0 saturated carbocycles. The predicted molar refractivity (Wildman–Crippen MR) is 55.6 cm³/mol. The van der Waals surface area contributed by atoms with Crippen LogP contribution in [-0.2, 0) is 9.84 Å². The maximum atomic E-state index is 13.2. The number of halogens is 2. The Morgan fingerprint density at radius 2 is 2.00 bits per heavy atom. The van der Waals surface area contributed by atoms with E-state index in [2.05, 4.69) is 0 Å². The first-order valence-corrected chi connectivity index (χ1v) is 6.66. The van der Waals surface area contributed by atoms with Crippen molar-refractivity contribution in [3.8, 4) is 0 Å². The van der Waals surface area contributed by atoms with Gasteiger partial charge in [-0.15, -0.1) is 0 Å². The number of aliphatic hydroxyl groups is 1. The first kappa shape index (κ1) is 13.1. The third-order valence-corrected chi connectivity index (χ3v) is 3.06. The molecule has 0 spiro atoms. The summed E-state index contributed by atoms with van der Waals surface area (Å²) in [4.78, 5) is 0. The molecule has 1 aromatic carbocycles. The lowest BCUT2D eigenvalue weighted by atomic mass is 10.1. The second kappa shape index (κ2) is 4.88. The maximum absolute atomic E-state index is 13.2. The molecule has 0 bridgehead atoms. The van der Waals surface area contributed by atoms with Crippen molar-refractivity contribution >= 4 is 9.84 Å². The molecule has 0 amide bonds. The summed E-state index contributed by atoms with van der Waals surface area (Å²) in [6.07, 6.45) is -0.452. The molecule has 0 saturated heterocycles. The van der Waals surface area contributed by atoms with Crippen molar-refractivity contribution in [2.45, 2.75) is 12.5 Å². The van der Waals surface area contributed by atoms with Crippen LogP contribution in [0.1, 0.15) is 18.1 Å². The summed E-state index contributed by atoms with van der Waals surface area (Å²) in [6.45, 7) is 0. The molecule has 0 radical (unpaired) electrons. The Kier molecular flexibility index (Phi) is 3.98. The smallest absolute Gasteiger partial charge is 0.147 e. The zero-order chi connectivity index (χ0) is 12.3. The zero-order valence-corrected chi connectivity index (χ0v) is 9.47. The third kappa shape index (κ3) is 3.86. The van der Waals surface area contributed by atoms with Gasteiger partial charge in [-0.3, -0.25) is 0 Å². The van der Waals surface area contributed by atoms with E-state index < -0.39 is 27.6 Å². The highest BCUT2D eigenvalue weighted by molar-refractivity contribution is 7.90. The molecule has 0 fully saturated rings. The fourth-order valence-electron chi connectivity index (χ4n) is 1.25. The standard InChI is InChI=1S/C10H12F2O3S/c1-16(14,15)5-4-10(13)8-6-7(11)2-3-9(8)12/h2-3,6,10,13H,4-5H2,1H3. The van der Waals surface area contributed by atoms with Crippen LogP contribution in [0.2, 0.25) is 0 Å². The van der Waals surface area contributed by atoms with Crippen LogP contribution in [0, 0.1) is 11.6 Å². The number of sulfone groups is 1. The van der Waals surface area contributed by atoms with Crippen molar-refractivity contribution in [3.63, 3.8) is 0 Å². The molecular weight excluding hydrogens is 238 g/mol. The van der Waals surface area contributed by atoms with Gasteiger partial charge in [-0.25, -0.2) is 17.2 Å². The largest absolute Gasteiger partial charge is 0.388 e. The van der Waals surface area contributed by atoms with E-state index in [0.29, 0.717) is 0 Å². The molecule has 90 valence electrons. The highest BCUT2D eigenvalue weighted by Gasteiger charge is 2.15. The van der Waals surface area contributed by atoms with Crippen LogP contribution in [0.5, 0.6) is 0 Å².